The van der Waals surface area contributed by atoms with Crippen molar-refractivity contribution in [2.75, 3.05) is 11.9 Å². The Bertz CT molecular complexity index is 1180. The Hall–Kier alpha value is -3.92. The third-order valence-electron chi connectivity index (χ3n) is 5.33. The number of nitrogens with zero attached hydrogens (tertiary/aromatic N) is 2. The van der Waals surface area contributed by atoms with Crippen LogP contribution in [0.5, 0.6) is 5.75 Å². The van der Waals surface area contributed by atoms with Gasteiger partial charge in [-0.1, -0.05) is 35.5 Å². The van der Waals surface area contributed by atoms with Crippen LogP contribution in [0.25, 0.3) is 11.3 Å². The highest BCUT2D eigenvalue weighted by molar-refractivity contribution is 6.16. The van der Waals surface area contributed by atoms with Crippen molar-refractivity contribution in [3.8, 4) is 23.1 Å². The number of nitriles is 1. The molecule has 1 aliphatic carbocycles. The number of fused-ring (bicyclic) bond motifs is 3. The van der Waals surface area contributed by atoms with Crippen LogP contribution < -0.4 is 10.1 Å². The van der Waals surface area contributed by atoms with E-state index in [1.807, 2.05) is 24.3 Å². The molecule has 0 fully saturated rings. The van der Waals surface area contributed by atoms with Crippen LogP contribution in [0.1, 0.15) is 34.0 Å². The number of nitrogens with one attached hydrogen (secondary N) is 1. The van der Waals surface area contributed by atoms with E-state index < -0.39 is 17.6 Å². The number of Topliss-reactive ketones (excluding diaryl/α,β-unsaturated/α-hetero) is 1. The Labute approximate surface area is 165 Å². The van der Waals surface area contributed by atoms with Crippen molar-refractivity contribution < 1.29 is 18.8 Å². The van der Waals surface area contributed by atoms with Crippen LogP contribution in [-0.2, 0) is 4.79 Å². The van der Waals surface area contributed by atoms with Crippen LogP contribution in [0, 0.1) is 17.2 Å². The highest BCUT2D eigenvalue weighted by Crippen LogP contribution is 2.53. The standard InChI is InChI=1S/C22H15N3O4/c23-11-15(22(27)24-12-5-2-1-3-6-12)20(26)19-18-13-9-10-28-16-8-4-7-14(17(13)16)21(18)29-25-19/h1-8,13,15H,9-10H2,(H,24,27). The molecule has 2 atom stereocenters. The molecule has 29 heavy (non-hydrogen) atoms. The summed E-state index contributed by atoms with van der Waals surface area (Å²) < 4.78 is 11.2. The molecule has 0 saturated heterocycles. The van der Waals surface area contributed by atoms with Gasteiger partial charge < -0.3 is 14.6 Å². The molecule has 7 heteroatoms. The Kier molecular flexibility index (Phi) is 3.91. The predicted molar refractivity (Wildman–Crippen MR) is 102 cm³/mol. The number of carbonyl (C=O) groups excluding carboxylic acids is 2. The van der Waals surface area contributed by atoms with E-state index in [0.29, 0.717) is 30.0 Å². The fourth-order valence-electron chi connectivity index (χ4n) is 4.05. The molecule has 1 N–H and O–H groups in total. The highest BCUT2D eigenvalue weighted by atomic mass is 16.5. The lowest BCUT2D eigenvalue weighted by molar-refractivity contribution is -0.117. The van der Waals surface area contributed by atoms with E-state index in [-0.39, 0.29) is 11.6 Å². The molecule has 0 spiro atoms. The third-order valence-corrected chi connectivity index (χ3v) is 5.33. The molecule has 2 unspecified atom stereocenters. The molecule has 0 bridgehead atoms. The summed E-state index contributed by atoms with van der Waals surface area (Å²) in [4.78, 5) is 25.7. The number of carbonyl (C=O) groups is 2. The van der Waals surface area contributed by atoms with Gasteiger partial charge in [0, 0.05) is 28.3 Å². The molecule has 3 aromatic rings. The fraction of sp³-hybridized carbons (Fsp3) is 0.182. The molecule has 0 saturated carbocycles. The first kappa shape index (κ1) is 17.2. The summed E-state index contributed by atoms with van der Waals surface area (Å²) in [5, 5.41) is 16.1. The van der Waals surface area contributed by atoms with Crippen molar-refractivity contribution in [1.29, 1.82) is 5.26 Å². The zero-order valence-corrected chi connectivity index (χ0v) is 15.2. The van der Waals surface area contributed by atoms with Gasteiger partial charge in [-0.15, -0.1) is 0 Å². The van der Waals surface area contributed by atoms with Gasteiger partial charge in [-0.3, -0.25) is 9.59 Å². The Morgan fingerprint density at radius 1 is 1.14 bits per heavy atom. The second-order valence-corrected chi connectivity index (χ2v) is 6.96. The Morgan fingerprint density at radius 3 is 2.76 bits per heavy atom. The molecule has 7 nitrogen and oxygen atoms in total. The molecule has 1 aromatic heterocycles. The van der Waals surface area contributed by atoms with Gasteiger partial charge in [0.1, 0.15) is 5.75 Å². The van der Waals surface area contributed by atoms with Crippen molar-refractivity contribution in [3.63, 3.8) is 0 Å². The van der Waals surface area contributed by atoms with Crippen molar-refractivity contribution in [3.05, 3.63) is 65.4 Å². The number of aromatic nitrogens is 1. The fourth-order valence-corrected chi connectivity index (χ4v) is 4.05. The van der Waals surface area contributed by atoms with Crippen LogP contribution >= 0.6 is 0 Å². The van der Waals surface area contributed by atoms with Crippen LogP contribution in [0.4, 0.5) is 5.69 Å². The maximum Gasteiger partial charge on any atom is 0.249 e. The van der Waals surface area contributed by atoms with Crippen LogP contribution in [0.3, 0.4) is 0 Å². The first-order valence-corrected chi connectivity index (χ1v) is 9.24. The molecule has 2 aromatic carbocycles. The molecule has 5 rings (SSSR count). The summed E-state index contributed by atoms with van der Waals surface area (Å²) >= 11 is 0. The summed E-state index contributed by atoms with van der Waals surface area (Å²) in [5.41, 5.74) is 3.02. The van der Waals surface area contributed by atoms with Gasteiger partial charge in [-0.2, -0.15) is 5.26 Å². The number of rotatable bonds is 4. The van der Waals surface area contributed by atoms with E-state index in [0.717, 1.165) is 16.9 Å². The lowest BCUT2D eigenvalue weighted by Crippen LogP contribution is -2.29. The van der Waals surface area contributed by atoms with Crippen LogP contribution in [0.2, 0.25) is 0 Å². The maximum atomic E-state index is 13.1. The van der Waals surface area contributed by atoms with E-state index in [2.05, 4.69) is 10.5 Å². The topological polar surface area (TPSA) is 105 Å². The van der Waals surface area contributed by atoms with Gasteiger partial charge in [0.2, 0.25) is 11.7 Å². The second kappa shape index (κ2) is 6.60. The van der Waals surface area contributed by atoms with Gasteiger partial charge in [-0.25, -0.2) is 0 Å². The number of benzene rings is 2. The summed E-state index contributed by atoms with van der Waals surface area (Å²) in [6.07, 6.45) is 0.673. The van der Waals surface area contributed by atoms with Crippen molar-refractivity contribution in [2.24, 2.45) is 5.92 Å². The van der Waals surface area contributed by atoms with Crippen LogP contribution in [-0.4, -0.2) is 23.5 Å². The van der Waals surface area contributed by atoms with E-state index >= 15 is 0 Å². The zero-order valence-electron chi connectivity index (χ0n) is 15.2. The largest absolute Gasteiger partial charge is 0.493 e. The number of ketones is 1. The number of ether oxygens (including phenoxy) is 1. The third kappa shape index (κ3) is 2.61. The zero-order chi connectivity index (χ0) is 20.0. The monoisotopic (exact) mass is 385 g/mol. The first-order chi connectivity index (χ1) is 14.2. The molecule has 142 valence electrons. The van der Waals surface area contributed by atoms with Gasteiger partial charge in [-0.05, 0) is 24.6 Å². The maximum absolute atomic E-state index is 13.1. The molecular weight excluding hydrogens is 370 g/mol. The van der Waals surface area contributed by atoms with E-state index in [1.54, 1.807) is 30.3 Å². The molecule has 2 aliphatic rings. The number of hydrogen-bond acceptors (Lipinski definition) is 6. The van der Waals surface area contributed by atoms with Crippen LogP contribution in [0.15, 0.2) is 53.1 Å². The van der Waals surface area contributed by atoms with Gasteiger partial charge >= 0.3 is 0 Å². The molecular formula is C22H15N3O4. The summed E-state index contributed by atoms with van der Waals surface area (Å²) in [6, 6.07) is 16.1. The summed E-state index contributed by atoms with van der Waals surface area (Å²) in [5.74, 6) is -1.68. The minimum Gasteiger partial charge on any atom is -0.493 e. The smallest absolute Gasteiger partial charge is 0.249 e. The Morgan fingerprint density at radius 2 is 1.97 bits per heavy atom. The number of anilines is 1. The molecule has 1 amide bonds. The van der Waals surface area contributed by atoms with Crippen molar-refractivity contribution >= 4 is 17.4 Å². The minimum absolute atomic E-state index is 0.0452. The van der Waals surface area contributed by atoms with Crippen molar-refractivity contribution in [1.82, 2.24) is 5.16 Å². The van der Waals surface area contributed by atoms with Gasteiger partial charge in [0.25, 0.3) is 0 Å². The normalized spacial score (nSPS) is 16.7. The minimum atomic E-state index is -1.52. The summed E-state index contributed by atoms with van der Waals surface area (Å²) in [7, 11) is 0. The van der Waals surface area contributed by atoms with Gasteiger partial charge in [0.15, 0.2) is 17.4 Å². The molecule has 2 heterocycles. The predicted octanol–water partition coefficient (Wildman–Crippen LogP) is 3.53. The Balaban J connectivity index is 1.49. The van der Waals surface area contributed by atoms with E-state index in [9.17, 15) is 14.9 Å². The van der Waals surface area contributed by atoms with E-state index in [4.69, 9.17) is 9.26 Å². The molecule has 1 aliphatic heterocycles. The number of para-hydroxylation sites is 1. The number of hydrogen-bond donors (Lipinski definition) is 1. The highest BCUT2D eigenvalue weighted by Gasteiger charge is 2.43. The quantitative estimate of drug-likeness (QED) is 0.544. The summed E-state index contributed by atoms with van der Waals surface area (Å²) in [6.45, 7) is 0.509. The second-order valence-electron chi connectivity index (χ2n) is 6.96. The first-order valence-electron chi connectivity index (χ1n) is 9.24. The van der Waals surface area contributed by atoms with E-state index in [1.165, 1.54) is 0 Å². The molecule has 0 radical (unpaired) electrons. The lowest BCUT2D eigenvalue weighted by atomic mass is 9.88. The lowest BCUT2D eigenvalue weighted by Gasteiger charge is -2.23. The van der Waals surface area contributed by atoms with Crippen molar-refractivity contribution in [2.45, 2.75) is 12.3 Å². The average molecular weight is 385 g/mol. The number of amides is 1. The average Bonchev–Trinajstić information content (AvgIpc) is 3.31. The van der Waals surface area contributed by atoms with Gasteiger partial charge in [0.05, 0.1) is 12.7 Å². The SMILES string of the molecule is N#CC(C(=O)Nc1ccccc1)C(=O)c1noc2c1C1CCOc3cccc-2c31.